The van der Waals surface area contributed by atoms with E-state index in [0.29, 0.717) is 22.0 Å². The van der Waals surface area contributed by atoms with Crippen LogP contribution in [0, 0.1) is 0 Å². The first-order chi connectivity index (χ1) is 10.1. The molecule has 21 heavy (non-hydrogen) atoms. The summed E-state index contributed by atoms with van der Waals surface area (Å²) in [4.78, 5) is 12.1. The fraction of sp³-hybridized carbons (Fsp3) is 0.500. The number of rotatable bonds is 3. The third-order valence-corrected chi connectivity index (χ3v) is 4.87. The Morgan fingerprint density at radius 3 is 2.71 bits per heavy atom. The molecule has 1 aromatic carbocycles. The molecule has 0 bridgehead atoms. The average Bonchev–Trinajstić information content (AvgIpc) is 2.88. The number of phenols is 1. The Kier molecular flexibility index (Phi) is 4.26. The molecule has 0 aliphatic carbocycles. The van der Waals surface area contributed by atoms with Crippen molar-refractivity contribution in [2.75, 3.05) is 13.1 Å². The molecule has 2 aliphatic rings. The van der Waals surface area contributed by atoms with Gasteiger partial charge in [-0.1, -0.05) is 23.2 Å². The third kappa shape index (κ3) is 2.97. The molecule has 7 heteroatoms. The Morgan fingerprint density at radius 2 is 2.05 bits per heavy atom. The normalized spacial score (nSPS) is 25.6. The molecule has 2 unspecified atom stereocenters. The number of benzene rings is 1. The number of hydrogen-bond acceptors (Lipinski definition) is 4. The minimum atomic E-state index is -0.259. The molecule has 5 nitrogen and oxygen atoms in total. The summed E-state index contributed by atoms with van der Waals surface area (Å²) in [5.41, 5.74) is 0.574. The van der Waals surface area contributed by atoms with Crippen molar-refractivity contribution in [2.45, 2.75) is 31.0 Å². The van der Waals surface area contributed by atoms with Crippen LogP contribution in [-0.2, 0) is 4.79 Å². The van der Waals surface area contributed by atoms with Crippen molar-refractivity contribution in [1.82, 2.24) is 16.0 Å². The SMILES string of the molecule is O=C(NC1CNC1)C1CCC(c2c(O)ccc(Cl)c2Cl)N1. The van der Waals surface area contributed by atoms with Gasteiger partial charge in [-0.15, -0.1) is 0 Å². The number of amides is 1. The fourth-order valence-electron chi connectivity index (χ4n) is 2.76. The summed E-state index contributed by atoms with van der Waals surface area (Å²) in [7, 11) is 0. The topological polar surface area (TPSA) is 73.4 Å². The minimum absolute atomic E-state index is 0.00152. The number of halogens is 2. The molecule has 3 rings (SSSR count). The van der Waals surface area contributed by atoms with Gasteiger partial charge in [0.15, 0.2) is 0 Å². The molecule has 1 amide bonds. The third-order valence-electron chi connectivity index (χ3n) is 4.05. The molecule has 2 fully saturated rings. The van der Waals surface area contributed by atoms with Gasteiger partial charge in [0.1, 0.15) is 5.75 Å². The van der Waals surface area contributed by atoms with Crippen molar-refractivity contribution in [3.63, 3.8) is 0 Å². The molecule has 2 atom stereocenters. The fourth-order valence-corrected chi connectivity index (χ4v) is 3.21. The van der Waals surface area contributed by atoms with E-state index in [1.54, 1.807) is 6.07 Å². The average molecular weight is 330 g/mol. The second-order valence-corrected chi connectivity index (χ2v) is 6.29. The van der Waals surface area contributed by atoms with Gasteiger partial charge in [0.25, 0.3) is 0 Å². The van der Waals surface area contributed by atoms with Crippen molar-refractivity contribution in [3.8, 4) is 5.75 Å². The van der Waals surface area contributed by atoms with Crippen LogP contribution in [0.5, 0.6) is 5.75 Å². The number of aromatic hydroxyl groups is 1. The number of hydrogen-bond donors (Lipinski definition) is 4. The van der Waals surface area contributed by atoms with Gasteiger partial charge in [-0.25, -0.2) is 0 Å². The van der Waals surface area contributed by atoms with Crippen molar-refractivity contribution >= 4 is 29.1 Å². The monoisotopic (exact) mass is 329 g/mol. The summed E-state index contributed by atoms with van der Waals surface area (Å²) < 4.78 is 0. The zero-order valence-corrected chi connectivity index (χ0v) is 12.8. The quantitative estimate of drug-likeness (QED) is 0.679. The Labute approximate surface area is 133 Å². The highest BCUT2D eigenvalue weighted by molar-refractivity contribution is 6.42. The van der Waals surface area contributed by atoms with Gasteiger partial charge >= 0.3 is 0 Å². The summed E-state index contributed by atoms with van der Waals surface area (Å²) in [5.74, 6) is 0.104. The van der Waals surface area contributed by atoms with Crippen LogP contribution in [0.2, 0.25) is 10.0 Å². The first-order valence-corrected chi connectivity index (χ1v) is 7.76. The maximum atomic E-state index is 12.1. The van der Waals surface area contributed by atoms with Crippen LogP contribution in [0.4, 0.5) is 0 Å². The van der Waals surface area contributed by atoms with Gasteiger partial charge in [0.2, 0.25) is 5.91 Å². The van der Waals surface area contributed by atoms with Crippen LogP contribution in [0.25, 0.3) is 0 Å². The lowest BCUT2D eigenvalue weighted by Crippen LogP contribution is -2.59. The number of phenolic OH excluding ortho intramolecular Hbond substituents is 1. The van der Waals surface area contributed by atoms with Crippen molar-refractivity contribution in [1.29, 1.82) is 0 Å². The summed E-state index contributed by atoms with van der Waals surface area (Å²) in [6, 6.07) is 2.89. The van der Waals surface area contributed by atoms with E-state index in [-0.39, 0.29) is 29.8 Å². The predicted molar refractivity (Wildman–Crippen MR) is 81.8 cm³/mol. The molecular formula is C14H17Cl2N3O2. The predicted octanol–water partition coefficient (Wildman–Crippen LogP) is 1.58. The van der Waals surface area contributed by atoms with Gasteiger partial charge in [-0.3, -0.25) is 10.1 Å². The molecule has 1 aromatic rings. The molecule has 4 N–H and O–H groups in total. The second-order valence-electron chi connectivity index (χ2n) is 5.51. The number of nitrogens with one attached hydrogen (secondary N) is 3. The zero-order chi connectivity index (χ0) is 15.0. The summed E-state index contributed by atoms with van der Waals surface area (Å²) >= 11 is 12.2. The van der Waals surface area contributed by atoms with E-state index in [0.717, 1.165) is 19.5 Å². The highest BCUT2D eigenvalue weighted by Crippen LogP contribution is 2.40. The number of carbonyl (C=O) groups is 1. The molecule has 0 radical (unpaired) electrons. The van der Waals surface area contributed by atoms with Crippen molar-refractivity contribution in [2.24, 2.45) is 0 Å². The molecule has 0 spiro atoms. The molecule has 2 aliphatic heterocycles. The van der Waals surface area contributed by atoms with Crippen LogP contribution in [-0.4, -0.2) is 36.2 Å². The summed E-state index contributed by atoms with van der Waals surface area (Å²) in [6.07, 6.45) is 1.44. The van der Waals surface area contributed by atoms with Crippen LogP contribution in [0.1, 0.15) is 24.4 Å². The van der Waals surface area contributed by atoms with Crippen LogP contribution >= 0.6 is 23.2 Å². The number of carbonyl (C=O) groups excluding carboxylic acids is 1. The Hall–Kier alpha value is -1.01. The largest absolute Gasteiger partial charge is 0.508 e. The van der Waals surface area contributed by atoms with E-state index < -0.39 is 0 Å². The van der Waals surface area contributed by atoms with Gasteiger partial charge in [-0.2, -0.15) is 0 Å². The Balaban J connectivity index is 1.69. The van der Waals surface area contributed by atoms with E-state index in [4.69, 9.17) is 23.2 Å². The van der Waals surface area contributed by atoms with E-state index >= 15 is 0 Å². The van der Waals surface area contributed by atoms with Crippen molar-refractivity contribution < 1.29 is 9.90 Å². The maximum absolute atomic E-state index is 12.1. The molecule has 2 saturated heterocycles. The second kappa shape index (κ2) is 6.01. The van der Waals surface area contributed by atoms with Crippen LogP contribution < -0.4 is 16.0 Å². The van der Waals surface area contributed by atoms with Gasteiger partial charge in [0, 0.05) is 24.7 Å². The highest BCUT2D eigenvalue weighted by atomic mass is 35.5. The lowest BCUT2D eigenvalue weighted by Gasteiger charge is -2.29. The maximum Gasteiger partial charge on any atom is 0.237 e. The first kappa shape index (κ1) is 14.9. The standard InChI is InChI=1S/C14H17Cl2N3O2/c15-8-1-4-11(20)12(13(8)16)9-2-3-10(19-9)14(21)18-7-5-17-6-7/h1,4,7,9-10,17,19-20H,2-3,5-6H2,(H,18,21). The van der Waals surface area contributed by atoms with E-state index in [2.05, 4.69) is 16.0 Å². The lowest BCUT2D eigenvalue weighted by molar-refractivity contribution is -0.123. The molecule has 114 valence electrons. The zero-order valence-electron chi connectivity index (χ0n) is 11.3. The van der Waals surface area contributed by atoms with Gasteiger partial charge < -0.3 is 15.7 Å². The first-order valence-electron chi connectivity index (χ1n) is 7.00. The van der Waals surface area contributed by atoms with E-state index in [1.807, 2.05) is 0 Å². The minimum Gasteiger partial charge on any atom is -0.508 e. The smallest absolute Gasteiger partial charge is 0.237 e. The molecular weight excluding hydrogens is 313 g/mol. The highest BCUT2D eigenvalue weighted by Gasteiger charge is 2.34. The van der Waals surface area contributed by atoms with Crippen LogP contribution in [0.3, 0.4) is 0 Å². The van der Waals surface area contributed by atoms with E-state index in [1.165, 1.54) is 6.07 Å². The summed E-state index contributed by atoms with van der Waals surface area (Å²) in [5, 5.41) is 20.1. The summed E-state index contributed by atoms with van der Waals surface area (Å²) in [6.45, 7) is 1.64. The lowest BCUT2D eigenvalue weighted by atomic mass is 10.0. The van der Waals surface area contributed by atoms with Gasteiger partial charge in [0.05, 0.1) is 22.1 Å². The Morgan fingerprint density at radius 1 is 1.29 bits per heavy atom. The van der Waals surface area contributed by atoms with Crippen LogP contribution in [0.15, 0.2) is 12.1 Å². The molecule has 2 heterocycles. The molecule has 0 saturated carbocycles. The Bertz CT molecular complexity index is 563. The van der Waals surface area contributed by atoms with Crippen molar-refractivity contribution in [3.05, 3.63) is 27.7 Å². The van der Waals surface area contributed by atoms with Gasteiger partial charge in [-0.05, 0) is 25.0 Å². The van der Waals surface area contributed by atoms with E-state index in [9.17, 15) is 9.90 Å². The molecule has 0 aromatic heterocycles.